The largest absolute Gasteiger partial charge is 0.477 e. The Bertz CT molecular complexity index is 1180. The number of β-lactam (4-membered cyclic amide) rings is 1. The van der Waals surface area contributed by atoms with Crippen LogP contribution in [0.5, 0.6) is 0 Å². The number of hydrogen-bond acceptors (Lipinski definition) is 9. The lowest BCUT2D eigenvalue weighted by molar-refractivity contribution is -0.151. The summed E-state index contributed by atoms with van der Waals surface area (Å²) in [5.41, 5.74) is -0.295. The van der Waals surface area contributed by atoms with Crippen molar-refractivity contribution in [3.8, 4) is 0 Å². The molecule has 0 aliphatic carbocycles. The highest BCUT2D eigenvalue weighted by Crippen LogP contribution is 2.40. The van der Waals surface area contributed by atoms with Crippen molar-refractivity contribution in [2.75, 3.05) is 12.4 Å². The molecule has 0 radical (unpaired) electrons. The van der Waals surface area contributed by atoms with E-state index in [0.29, 0.717) is 0 Å². The molecule has 3 atom stereocenters. The number of rotatable bonds is 9. The fraction of sp³-hybridized carbons (Fsp3) is 0.350. The number of ketones is 1. The summed E-state index contributed by atoms with van der Waals surface area (Å²) in [4.78, 5) is 60.8. The average molecular weight is 513 g/mol. The van der Waals surface area contributed by atoms with E-state index in [9.17, 15) is 42.0 Å². The van der Waals surface area contributed by atoms with Crippen LogP contribution in [-0.2, 0) is 38.8 Å². The Morgan fingerprint density at radius 3 is 2.44 bits per heavy atom. The molecule has 1 saturated heterocycles. The Balaban J connectivity index is 1.77. The number of nitrogens with one attached hydrogen (secondary N) is 1. The summed E-state index contributed by atoms with van der Waals surface area (Å²) in [5.74, 6) is -4.63. The number of hydrogen-bond donors (Lipinski definition) is 3. The average Bonchev–Trinajstić information content (AvgIpc) is 2.74. The van der Waals surface area contributed by atoms with E-state index >= 15 is 0 Å². The highest BCUT2D eigenvalue weighted by atomic mass is 32.2. The first-order valence-electron chi connectivity index (χ1n) is 9.78. The number of carboxylic acids is 1. The zero-order valence-electron chi connectivity index (χ0n) is 17.7. The number of amides is 2. The van der Waals surface area contributed by atoms with Gasteiger partial charge in [0.25, 0.3) is 16.0 Å². The topological polar surface area (TPSA) is 184 Å². The number of ether oxygens (including phenoxy) is 1. The molecule has 1 aromatic rings. The van der Waals surface area contributed by atoms with E-state index in [1.165, 1.54) is 31.2 Å². The fourth-order valence-electron chi connectivity index (χ4n) is 3.53. The maximum Gasteiger partial charge on any atom is 0.352 e. The maximum absolute atomic E-state index is 12.7. The summed E-state index contributed by atoms with van der Waals surface area (Å²) < 4.78 is 38.2. The van der Waals surface area contributed by atoms with E-state index < -0.39 is 75.0 Å². The molecular formula is C20H20N2O10S2. The van der Waals surface area contributed by atoms with Crippen molar-refractivity contribution in [3.63, 3.8) is 0 Å². The highest BCUT2D eigenvalue weighted by molar-refractivity contribution is 8.00. The molecular weight excluding hydrogens is 492 g/mol. The van der Waals surface area contributed by atoms with Gasteiger partial charge in [-0.2, -0.15) is 8.42 Å². The first-order chi connectivity index (χ1) is 15.9. The van der Waals surface area contributed by atoms with Gasteiger partial charge in [0.1, 0.15) is 35.9 Å². The number of nitrogens with zero attached hydrogens (tertiary/aromatic N) is 1. The summed E-state index contributed by atoms with van der Waals surface area (Å²) in [6, 6.07) is 5.95. The van der Waals surface area contributed by atoms with Gasteiger partial charge < -0.3 is 15.2 Å². The van der Waals surface area contributed by atoms with Crippen LogP contribution in [0.3, 0.4) is 0 Å². The van der Waals surface area contributed by atoms with Crippen LogP contribution in [0.1, 0.15) is 24.2 Å². The molecule has 2 heterocycles. The first kappa shape index (κ1) is 25.4. The van der Waals surface area contributed by atoms with E-state index in [2.05, 4.69) is 5.32 Å². The number of benzene rings is 1. The Morgan fingerprint density at radius 1 is 1.24 bits per heavy atom. The lowest BCUT2D eigenvalue weighted by Crippen LogP contribution is -2.71. The number of aliphatic carboxylic acids is 1. The Kier molecular flexibility index (Phi) is 7.43. The smallest absolute Gasteiger partial charge is 0.352 e. The summed E-state index contributed by atoms with van der Waals surface area (Å²) in [7, 11) is -4.87. The zero-order chi connectivity index (χ0) is 25.2. The quantitative estimate of drug-likeness (QED) is 0.173. The van der Waals surface area contributed by atoms with Crippen LogP contribution in [0.2, 0.25) is 0 Å². The molecule has 0 saturated carbocycles. The number of fused-ring (bicyclic) bond motifs is 1. The molecule has 3 N–H and O–H groups in total. The van der Waals surface area contributed by atoms with Crippen LogP contribution < -0.4 is 5.32 Å². The predicted octanol–water partition coefficient (Wildman–Crippen LogP) is -0.124. The number of esters is 1. The van der Waals surface area contributed by atoms with Crippen LogP contribution in [0.15, 0.2) is 41.6 Å². The van der Waals surface area contributed by atoms with E-state index in [-0.39, 0.29) is 16.9 Å². The first-order valence-corrected chi connectivity index (χ1v) is 12.3. The summed E-state index contributed by atoms with van der Waals surface area (Å²) in [6.45, 7) is 0.759. The summed E-state index contributed by atoms with van der Waals surface area (Å²) in [5, 5.41) is 9.08. The fourth-order valence-corrected chi connectivity index (χ4v) is 5.70. The minimum atomic E-state index is -4.87. The van der Waals surface area contributed by atoms with Gasteiger partial charge in [0.2, 0.25) is 5.91 Å². The molecule has 1 aromatic carbocycles. The van der Waals surface area contributed by atoms with Crippen molar-refractivity contribution in [3.05, 3.63) is 47.2 Å². The third kappa shape index (κ3) is 5.29. The van der Waals surface area contributed by atoms with Gasteiger partial charge in [-0.1, -0.05) is 30.3 Å². The normalized spacial score (nSPS) is 20.6. The SMILES string of the molecule is CC(=O)CC(=O)OCC1=C(C(=O)O)N2C(=O)[C@@H](NC(=O)C(c3ccccc3)S(=O)(=O)O)[C@@H]2SC1. The maximum atomic E-state index is 12.7. The molecule has 0 aromatic heterocycles. The third-order valence-electron chi connectivity index (χ3n) is 4.99. The molecule has 12 nitrogen and oxygen atoms in total. The summed E-state index contributed by atoms with van der Waals surface area (Å²) >= 11 is 1.08. The second kappa shape index (κ2) is 9.95. The molecule has 1 unspecified atom stereocenters. The van der Waals surface area contributed by atoms with Gasteiger partial charge in [0.15, 0.2) is 5.25 Å². The van der Waals surface area contributed by atoms with E-state index in [4.69, 9.17) is 4.74 Å². The Hall–Kier alpha value is -3.23. The van der Waals surface area contributed by atoms with Crippen LogP contribution in [0, 0.1) is 0 Å². The zero-order valence-corrected chi connectivity index (χ0v) is 19.3. The molecule has 3 rings (SSSR count). The van der Waals surface area contributed by atoms with Crippen molar-refractivity contribution >= 4 is 51.4 Å². The molecule has 2 aliphatic heterocycles. The van der Waals surface area contributed by atoms with Gasteiger partial charge >= 0.3 is 11.9 Å². The monoisotopic (exact) mass is 512 g/mol. The van der Waals surface area contributed by atoms with Crippen molar-refractivity contribution in [2.45, 2.75) is 30.0 Å². The van der Waals surface area contributed by atoms with Gasteiger partial charge in [0, 0.05) is 11.3 Å². The van der Waals surface area contributed by atoms with Gasteiger partial charge in [-0.25, -0.2) is 4.79 Å². The van der Waals surface area contributed by atoms with Gasteiger partial charge in [-0.05, 0) is 12.5 Å². The lowest BCUT2D eigenvalue weighted by Gasteiger charge is -2.49. The molecule has 182 valence electrons. The second-order valence-corrected chi connectivity index (χ2v) is 10.1. The van der Waals surface area contributed by atoms with Crippen LogP contribution in [0.25, 0.3) is 0 Å². The molecule has 2 aliphatic rings. The third-order valence-corrected chi connectivity index (χ3v) is 7.41. The highest BCUT2D eigenvalue weighted by Gasteiger charge is 2.55. The number of thioether (sulfide) groups is 1. The number of carbonyl (C=O) groups excluding carboxylic acids is 4. The molecule has 0 spiro atoms. The Morgan fingerprint density at radius 2 is 1.88 bits per heavy atom. The molecule has 1 fully saturated rings. The van der Waals surface area contributed by atoms with Crippen molar-refractivity contribution in [1.29, 1.82) is 0 Å². The van der Waals surface area contributed by atoms with Crippen LogP contribution in [-0.4, -0.2) is 76.3 Å². The lowest BCUT2D eigenvalue weighted by atomic mass is 10.0. The predicted molar refractivity (Wildman–Crippen MR) is 117 cm³/mol. The van der Waals surface area contributed by atoms with Crippen LogP contribution >= 0.6 is 11.8 Å². The molecule has 34 heavy (non-hydrogen) atoms. The van der Waals surface area contributed by atoms with Gasteiger partial charge in [-0.15, -0.1) is 11.8 Å². The standard InChI is InChI=1S/C20H20N2O10S2/c1-10(23)7-13(24)32-8-12-9-33-19-14(18(26)22(19)15(12)20(27)28)21-17(25)16(34(29,30)31)11-5-3-2-4-6-11/h2-6,14,16,19H,7-9H2,1H3,(H,21,25)(H,27,28)(H,29,30,31)/t14-,16?,19+/m1/s1. The van der Waals surface area contributed by atoms with E-state index in [1.807, 2.05) is 0 Å². The number of carbonyl (C=O) groups is 5. The van der Waals surface area contributed by atoms with Crippen molar-refractivity contribution < 1.29 is 46.8 Å². The number of Topliss-reactive ketones (excluding diaryl/α,β-unsaturated/α-hetero) is 1. The molecule has 0 bridgehead atoms. The Labute approximate surface area is 198 Å². The number of carboxylic acid groups (broad SMARTS) is 1. The van der Waals surface area contributed by atoms with E-state index in [0.717, 1.165) is 16.7 Å². The minimum absolute atomic E-state index is 0.0109. The van der Waals surface area contributed by atoms with E-state index in [1.54, 1.807) is 6.07 Å². The molecule has 2 amide bonds. The van der Waals surface area contributed by atoms with Crippen LogP contribution in [0.4, 0.5) is 0 Å². The van der Waals surface area contributed by atoms with Gasteiger partial charge in [0.05, 0.1) is 0 Å². The summed E-state index contributed by atoms with van der Waals surface area (Å²) in [6.07, 6.45) is -0.474. The van der Waals surface area contributed by atoms with Crippen molar-refractivity contribution in [1.82, 2.24) is 10.2 Å². The second-order valence-electron chi connectivity index (χ2n) is 7.50. The van der Waals surface area contributed by atoms with Gasteiger partial charge in [-0.3, -0.25) is 28.6 Å². The molecule has 14 heteroatoms. The minimum Gasteiger partial charge on any atom is -0.477 e. The van der Waals surface area contributed by atoms with Crippen molar-refractivity contribution in [2.24, 2.45) is 0 Å².